The summed E-state index contributed by atoms with van der Waals surface area (Å²) in [6.07, 6.45) is 7.16. The van der Waals surface area contributed by atoms with Gasteiger partial charge in [-0.25, -0.2) is 0 Å². The Kier molecular flexibility index (Phi) is 5.25. The Morgan fingerprint density at radius 1 is 0.889 bits per heavy atom. The Bertz CT molecular complexity index is 870. The van der Waals surface area contributed by atoms with Gasteiger partial charge in [-0.2, -0.15) is 5.10 Å². The minimum atomic E-state index is 0.0675. The fourth-order valence-electron chi connectivity index (χ4n) is 3.37. The quantitative estimate of drug-likeness (QED) is 0.700. The van der Waals surface area contributed by atoms with Crippen molar-refractivity contribution < 1.29 is 4.79 Å². The highest BCUT2D eigenvalue weighted by Crippen LogP contribution is 2.12. The second-order valence-corrected chi connectivity index (χ2v) is 6.84. The number of hydrogen-bond acceptors (Lipinski definition) is 4. The van der Waals surface area contributed by atoms with Crippen LogP contribution in [0, 0.1) is 0 Å². The summed E-state index contributed by atoms with van der Waals surface area (Å²) in [5.74, 6) is 0.0675. The summed E-state index contributed by atoms with van der Waals surface area (Å²) in [6, 6.07) is 14.2. The Hall–Kier alpha value is -2.99. The van der Waals surface area contributed by atoms with E-state index in [0.29, 0.717) is 12.1 Å². The number of piperazine rings is 1. The normalized spacial score (nSPS) is 15.0. The lowest BCUT2D eigenvalue weighted by molar-refractivity contribution is 0.0628. The van der Waals surface area contributed by atoms with Crippen molar-refractivity contribution in [2.75, 3.05) is 26.2 Å². The predicted octanol–water partition coefficient (Wildman–Crippen LogP) is 2.28. The second kappa shape index (κ2) is 8.14. The maximum atomic E-state index is 12.8. The molecule has 1 aliphatic heterocycles. The van der Waals surface area contributed by atoms with E-state index in [1.807, 2.05) is 58.5 Å². The Balaban J connectivity index is 1.32. The number of carbonyl (C=O) groups excluding carboxylic acids is 1. The molecule has 0 radical (unpaired) electrons. The summed E-state index contributed by atoms with van der Waals surface area (Å²) in [4.78, 5) is 21.1. The molecular weight excluding hydrogens is 338 g/mol. The molecule has 138 valence electrons. The van der Waals surface area contributed by atoms with Gasteiger partial charge in [0.25, 0.3) is 5.91 Å². The molecule has 0 spiro atoms. The summed E-state index contributed by atoms with van der Waals surface area (Å²) in [5.41, 5.74) is 3.09. The van der Waals surface area contributed by atoms with E-state index in [2.05, 4.69) is 27.1 Å². The first-order valence-electron chi connectivity index (χ1n) is 9.25. The van der Waals surface area contributed by atoms with Crippen molar-refractivity contribution in [3.63, 3.8) is 0 Å². The molecule has 0 unspecified atom stereocenters. The van der Waals surface area contributed by atoms with E-state index in [1.165, 1.54) is 11.1 Å². The number of nitrogens with zero attached hydrogens (tertiary/aromatic N) is 5. The summed E-state index contributed by atoms with van der Waals surface area (Å²) in [6.45, 7) is 4.83. The molecule has 1 aliphatic rings. The van der Waals surface area contributed by atoms with Gasteiger partial charge in [-0.3, -0.25) is 19.4 Å². The van der Waals surface area contributed by atoms with E-state index in [4.69, 9.17) is 0 Å². The number of aromatic nitrogens is 3. The average Bonchev–Trinajstić information content (AvgIpc) is 3.18. The molecule has 0 atom stereocenters. The number of rotatable bonds is 5. The van der Waals surface area contributed by atoms with Crippen molar-refractivity contribution in [2.45, 2.75) is 13.1 Å². The van der Waals surface area contributed by atoms with E-state index < -0.39 is 0 Å². The van der Waals surface area contributed by atoms with Gasteiger partial charge in [-0.1, -0.05) is 30.3 Å². The van der Waals surface area contributed by atoms with Crippen molar-refractivity contribution in [3.8, 4) is 0 Å². The number of hydrogen-bond donors (Lipinski definition) is 0. The molecule has 1 fully saturated rings. The molecule has 0 aliphatic carbocycles. The van der Waals surface area contributed by atoms with Gasteiger partial charge in [-0.05, 0) is 23.3 Å². The fraction of sp³-hybridized carbons (Fsp3) is 0.286. The van der Waals surface area contributed by atoms with E-state index in [0.717, 1.165) is 32.7 Å². The smallest absolute Gasteiger partial charge is 0.257 e. The maximum Gasteiger partial charge on any atom is 0.257 e. The number of amides is 1. The highest BCUT2D eigenvalue weighted by atomic mass is 16.2. The second-order valence-electron chi connectivity index (χ2n) is 6.84. The van der Waals surface area contributed by atoms with Gasteiger partial charge in [-0.15, -0.1) is 0 Å². The van der Waals surface area contributed by atoms with Gasteiger partial charge >= 0.3 is 0 Å². The molecular formula is C21H23N5O. The van der Waals surface area contributed by atoms with Crippen molar-refractivity contribution in [3.05, 3.63) is 83.9 Å². The van der Waals surface area contributed by atoms with Crippen molar-refractivity contribution in [2.24, 2.45) is 0 Å². The molecule has 0 bridgehead atoms. The topological polar surface area (TPSA) is 54.3 Å². The van der Waals surface area contributed by atoms with Gasteiger partial charge in [0, 0.05) is 51.3 Å². The summed E-state index contributed by atoms with van der Waals surface area (Å²) in [5, 5.41) is 4.35. The minimum absolute atomic E-state index is 0.0675. The van der Waals surface area contributed by atoms with Crippen LogP contribution in [0.5, 0.6) is 0 Å². The van der Waals surface area contributed by atoms with E-state index in [9.17, 15) is 4.79 Å². The Morgan fingerprint density at radius 3 is 2.33 bits per heavy atom. The molecule has 4 rings (SSSR count). The maximum absolute atomic E-state index is 12.8. The molecule has 0 N–H and O–H groups in total. The zero-order valence-electron chi connectivity index (χ0n) is 15.2. The van der Waals surface area contributed by atoms with Crippen molar-refractivity contribution in [1.82, 2.24) is 24.6 Å². The zero-order chi connectivity index (χ0) is 18.5. The first kappa shape index (κ1) is 17.4. The lowest BCUT2D eigenvalue weighted by atomic mass is 10.2. The summed E-state index contributed by atoms with van der Waals surface area (Å²) in [7, 11) is 0. The zero-order valence-corrected chi connectivity index (χ0v) is 15.2. The number of carbonyl (C=O) groups is 1. The third kappa shape index (κ3) is 4.41. The van der Waals surface area contributed by atoms with E-state index in [-0.39, 0.29) is 5.91 Å². The Morgan fingerprint density at radius 2 is 1.59 bits per heavy atom. The van der Waals surface area contributed by atoms with Gasteiger partial charge in [0.2, 0.25) is 0 Å². The van der Waals surface area contributed by atoms with Crippen LogP contribution in [0.1, 0.15) is 21.5 Å². The predicted molar refractivity (Wildman–Crippen MR) is 103 cm³/mol. The van der Waals surface area contributed by atoms with Crippen LogP contribution in [0.3, 0.4) is 0 Å². The summed E-state index contributed by atoms with van der Waals surface area (Å²) >= 11 is 0. The molecule has 27 heavy (non-hydrogen) atoms. The van der Waals surface area contributed by atoms with E-state index in [1.54, 1.807) is 6.20 Å². The highest BCUT2D eigenvalue weighted by Gasteiger charge is 2.23. The van der Waals surface area contributed by atoms with Crippen molar-refractivity contribution >= 4 is 5.91 Å². The lowest BCUT2D eigenvalue weighted by Gasteiger charge is -2.34. The monoisotopic (exact) mass is 361 g/mol. The van der Waals surface area contributed by atoms with E-state index >= 15 is 0 Å². The molecule has 1 amide bonds. The van der Waals surface area contributed by atoms with Crippen LogP contribution in [0.15, 0.2) is 67.3 Å². The van der Waals surface area contributed by atoms with Crippen LogP contribution in [0.2, 0.25) is 0 Å². The highest BCUT2D eigenvalue weighted by molar-refractivity contribution is 5.93. The van der Waals surface area contributed by atoms with Gasteiger partial charge in [0.05, 0.1) is 18.3 Å². The molecule has 0 saturated carbocycles. The third-order valence-electron chi connectivity index (χ3n) is 4.88. The standard InChI is InChI=1S/C21H23N5O/c27-21(20-14-23-26(17-20)16-18-4-2-1-3-5-18)25-12-10-24(11-13-25)15-19-6-8-22-9-7-19/h1-9,14,17H,10-13,15-16H2. The first-order valence-corrected chi connectivity index (χ1v) is 9.25. The van der Waals surface area contributed by atoms with Crippen molar-refractivity contribution in [1.29, 1.82) is 0 Å². The number of benzene rings is 1. The molecule has 6 heteroatoms. The Labute approximate surface area is 159 Å². The van der Waals surface area contributed by atoms with Crippen LogP contribution in [-0.4, -0.2) is 56.7 Å². The minimum Gasteiger partial charge on any atom is -0.336 e. The van der Waals surface area contributed by atoms with Crippen LogP contribution in [0.4, 0.5) is 0 Å². The third-order valence-corrected chi connectivity index (χ3v) is 4.88. The largest absolute Gasteiger partial charge is 0.336 e. The van der Waals surface area contributed by atoms with Gasteiger partial charge < -0.3 is 4.90 Å². The number of pyridine rings is 1. The van der Waals surface area contributed by atoms with Crippen LogP contribution < -0.4 is 0 Å². The molecule has 1 saturated heterocycles. The van der Waals surface area contributed by atoms with Gasteiger partial charge in [0.15, 0.2) is 0 Å². The first-order chi connectivity index (χ1) is 13.3. The van der Waals surface area contributed by atoms with Gasteiger partial charge in [0.1, 0.15) is 0 Å². The average molecular weight is 361 g/mol. The molecule has 6 nitrogen and oxygen atoms in total. The lowest BCUT2D eigenvalue weighted by Crippen LogP contribution is -2.48. The van der Waals surface area contributed by atoms with Crippen LogP contribution in [-0.2, 0) is 13.1 Å². The molecule has 1 aromatic carbocycles. The fourth-order valence-corrected chi connectivity index (χ4v) is 3.37. The summed E-state index contributed by atoms with van der Waals surface area (Å²) < 4.78 is 1.82. The molecule has 3 aromatic rings. The van der Waals surface area contributed by atoms with Crippen LogP contribution >= 0.6 is 0 Å². The molecule has 3 heterocycles. The SMILES string of the molecule is O=C(c1cnn(Cc2ccccc2)c1)N1CCN(Cc2ccncc2)CC1. The van der Waals surface area contributed by atoms with Crippen LogP contribution in [0.25, 0.3) is 0 Å². The molecule has 2 aromatic heterocycles.